The van der Waals surface area contributed by atoms with E-state index in [4.69, 9.17) is 4.74 Å². The van der Waals surface area contributed by atoms with Crippen LogP contribution in [0.3, 0.4) is 0 Å². The maximum Gasteiger partial charge on any atom is 0.244 e. The largest absolute Gasteiger partial charge is 0.383 e. The molecule has 1 N–H and O–H groups in total. The smallest absolute Gasteiger partial charge is 0.244 e. The molecule has 1 amide bonds. The maximum absolute atomic E-state index is 13.0. The molecule has 0 unspecified atom stereocenters. The lowest BCUT2D eigenvalue weighted by molar-refractivity contribution is -0.126. The monoisotopic (exact) mass is 365 g/mol. The van der Waals surface area contributed by atoms with E-state index in [9.17, 15) is 18.5 Å². The Bertz CT molecular complexity index is 757. The molecule has 2 atom stereocenters. The minimum atomic E-state index is -3.84. The summed E-state index contributed by atoms with van der Waals surface area (Å²) in [6, 6.07) is 7.84. The van der Waals surface area contributed by atoms with Crippen LogP contribution in [0, 0.1) is 17.2 Å². The van der Waals surface area contributed by atoms with Crippen molar-refractivity contribution < 1.29 is 17.9 Å². The van der Waals surface area contributed by atoms with Crippen LogP contribution in [-0.2, 0) is 19.6 Å². The maximum atomic E-state index is 13.0. The molecule has 8 heteroatoms. The summed E-state index contributed by atoms with van der Waals surface area (Å²) in [5.74, 6) is -0.574. The molecule has 1 aliphatic heterocycles. The van der Waals surface area contributed by atoms with Gasteiger partial charge >= 0.3 is 0 Å². The molecule has 0 radical (unpaired) electrons. The van der Waals surface area contributed by atoms with E-state index >= 15 is 0 Å². The van der Waals surface area contributed by atoms with Crippen molar-refractivity contribution in [2.24, 2.45) is 5.92 Å². The fourth-order valence-corrected chi connectivity index (χ4v) is 4.80. The Hall–Kier alpha value is -1.95. The van der Waals surface area contributed by atoms with E-state index in [0.717, 1.165) is 0 Å². The number of rotatable bonds is 6. The van der Waals surface area contributed by atoms with Crippen LogP contribution in [-0.4, -0.2) is 51.5 Å². The van der Waals surface area contributed by atoms with Gasteiger partial charge in [-0.05, 0) is 31.9 Å². The fourth-order valence-electron chi connectivity index (χ4n) is 2.95. The predicted molar refractivity (Wildman–Crippen MR) is 92.1 cm³/mol. The zero-order valence-electron chi connectivity index (χ0n) is 14.4. The van der Waals surface area contributed by atoms with Gasteiger partial charge in [-0.3, -0.25) is 4.79 Å². The molecule has 0 aliphatic carbocycles. The van der Waals surface area contributed by atoms with Gasteiger partial charge in [0.2, 0.25) is 15.9 Å². The molecule has 1 heterocycles. The summed E-state index contributed by atoms with van der Waals surface area (Å²) in [6.07, 6.45) is 1.22. The number of carbonyl (C=O) groups excluding carboxylic acids is 1. The summed E-state index contributed by atoms with van der Waals surface area (Å²) >= 11 is 0. The predicted octanol–water partition coefficient (Wildman–Crippen LogP) is 1.11. The molecule has 0 spiro atoms. The van der Waals surface area contributed by atoms with Crippen molar-refractivity contribution >= 4 is 15.9 Å². The summed E-state index contributed by atoms with van der Waals surface area (Å²) < 4.78 is 32.3. The third-order valence-electron chi connectivity index (χ3n) is 4.40. The fraction of sp³-hybridized carbons (Fsp3) is 0.529. The van der Waals surface area contributed by atoms with E-state index in [1.807, 2.05) is 13.0 Å². The molecule has 1 fully saturated rings. The number of methoxy groups -OCH3 is 1. The molecule has 1 aromatic carbocycles. The van der Waals surface area contributed by atoms with Gasteiger partial charge in [-0.1, -0.05) is 12.1 Å². The molecule has 0 bridgehead atoms. The number of amides is 1. The van der Waals surface area contributed by atoms with Crippen molar-refractivity contribution in [2.75, 3.05) is 26.8 Å². The van der Waals surface area contributed by atoms with E-state index in [2.05, 4.69) is 5.32 Å². The Morgan fingerprint density at radius 2 is 2.12 bits per heavy atom. The first kappa shape index (κ1) is 19.4. The zero-order valence-corrected chi connectivity index (χ0v) is 15.3. The highest BCUT2D eigenvalue weighted by atomic mass is 32.2. The Balaban J connectivity index is 2.21. The molecule has 7 nitrogen and oxygen atoms in total. The molecule has 1 saturated heterocycles. The van der Waals surface area contributed by atoms with Gasteiger partial charge in [0.15, 0.2) is 0 Å². The van der Waals surface area contributed by atoms with Crippen molar-refractivity contribution in [2.45, 2.75) is 30.7 Å². The van der Waals surface area contributed by atoms with E-state index < -0.39 is 15.9 Å². The molecule has 1 aliphatic rings. The molecule has 0 saturated carbocycles. The van der Waals surface area contributed by atoms with Crippen LogP contribution in [0.1, 0.15) is 25.3 Å². The van der Waals surface area contributed by atoms with Gasteiger partial charge in [-0.2, -0.15) is 9.57 Å². The number of carbonyl (C=O) groups is 1. The minimum absolute atomic E-state index is 0.00945. The third-order valence-corrected chi connectivity index (χ3v) is 6.43. The van der Waals surface area contributed by atoms with Crippen molar-refractivity contribution in [1.82, 2.24) is 9.62 Å². The summed E-state index contributed by atoms with van der Waals surface area (Å²) in [5, 5.41) is 12.0. The number of nitriles is 1. The van der Waals surface area contributed by atoms with Crippen molar-refractivity contribution in [3.8, 4) is 6.07 Å². The molecule has 2 rings (SSSR count). The lowest BCUT2D eigenvalue weighted by Crippen LogP contribution is -2.49. The van der Waals surface area contributed by atoms with Crippen molar-refractivity contribution in [3.05, 3.63) is 29.8 Å². The Labute approximate surface area is 148 Å². The number of nitrogens with zero attached hydrogens (tertiary/aromatic N) is 2. The number of piperidine rings is 1. The first-order valence-corrected chi connectivity index (χ1v) is 9.63. The van der Waals surface area contributed by atoms with E-state index in [1.54, 1.807) is 19.2 Å². The van der Waals surface area contributed by atoms with Crippen LogP contribution in [0.2, 0.25) is 0 Å². The second kappa shape index (κ2) is 8.43. The second-order valence-electron chi connectivity index (χ2n) is 6.09. The van der Waals surface area contributed by atoms with Crippen molar-refractivity contribution in [1.29, 1.82) is 5.26 Å². The number of nitrogens with one attached hydrogen (secondary N) is 1. The molecular formula is C17H23N3O4S. The summed E-state index contributed by atoms with van der Waals surface area (Å²) in [7, 11) is -2.29. The lowest BCUT2D eigenvalue weighted by Gasteiger charge is -2.36. The quantitative estimate of drug-likeness (QED) is 0.761. The summed E-state index contributed by atoms with van der Waals surface area (Å²) in [4.78, 5) is 12.3. The van der Waals surface area contributed by atoms with Gasteiger partial charge < -0.3 is 10.1 Å². The van der Waals surface area contributed by atoms with Crippen molar-refractivity contribution in [3.63, 3.8) is 0 Å². The number of benzene rings is 1. The van der Waals surface area contributed by atoms with Gasteiger partial charge in [0.1, 0.15) is 6.07 Å². The average Bonchev–Trinajstić information content (AvgIpc) is 2.62. The number of sulfonamides is 1. The molecule has 0 aromatic heterocycles. The molecule has 1 aromatic rings. The van der Waals surface area contributed by atoms with Gasteiger partial charge in [0.05, 0.1) is 23.0 Å². The number of hydrogen-bond donors (Lipinski definition) is 1. The van der Waals surface area contributed by atoms with E-state index in [-0.39, 0.29) is 29.0 Å². The summed E-state index contributed by atoms with van der Waals surface area (Å²) in [6.45, 7) is 2.74. The number of ether oxygens (including phenoxy) is 1. The highest BCUT2D eigenvalue weighted by Crippen LogP contribution is 2.29. The van der Waals surface area contributed by atoms with Crippen LogP contribution < -0.4 is 5.32 Å². The zero-order chi connectivity index (χ0) is 18.4. The van der Waals surface area contributed by atoms with Crippen LogP contribution in [0.4, 0.5) is 0 Å². The van der Waals surface area contributed by atoms with Crippen LogP contribution in [0.25, 0.3) is 0 Å². The second-order valence-corrected chi connectivity index (χ2v) is 7.95. The Morgan fingerprint density at radius 1 is 1.40 bits per heavy atom. The molecular weight excluding hydrogens is 342 g/mol. The molecule has 25 heavy (non-hydrogen) atoms. The first-order valence-electron chi connectivity index (χ1n) is 8.19. The first-order chi connectivity index (χ1) is 11.9. The number of hydrogen-bond acceptors (Lipinski definition) is 5. The Kier molecular flexibility index (Phi) is 6.53. The van der Waals surface area contributed by atoms with Crippen LogP contribution in [0.15, 0.2) is 29.2 Å². The summed E-state index contributed by atoms with van der Waals surface area (Å²) in [5.41, 5.74) is 0.112. The Morgan fingerprint density at radius 3 is 2.80 bits per heavy atom. The average molecular weight is 365 g/mol. The van der Waals surface area contributed by atoms with Gasteiger partial charge in [-0.15, -0.1) is 0 Å². The highest BCUT2D eigenvalue weighted by Gasteiger charge is 2.38. The van der Waals surface area contributed by atoms with Crippen LogP contribution in [0.5, 0.6) is 0 Å². The van der Waals surface area contributed by atoms with Crippen LogP contribution >= 0.6 is 0 Å². The van der Waals surface area contributed by atoms with Gasteiger partial charge in [-0.25, -0.2) is 8.42 Å². The molecule has 136 valence electrons. The van der Waals surface area contributed by atoms with Gasteiger partial charge in [0.25, 0.3) is 0 Å². The van der Waals surface area contributed by atoms with E-state index in [0.29, 0.717) is 26.0 Å². The standard InChI is InChI=1S/C17H23N3O4S/c1-13-7-8-15(17(21)19-9-10-24-2)12-20(13)25(22,23)16-6-4-3-5-14(16)11-18/h3-6,13,15H,7-10,12H2,1-2H3,(H,19,21)/t13-,15-/m1/s1. The SMILES string of the molecule is COCCNC(=O)[C@@H]1CC[C@@H](C)N(S(=O)(=O)c2ccccc2C#N)C1. The topological polar surface area (TPSA) is 99.5 Å². The highest BCUT2D eigenvalue weighted by molar-refractivity contribution is 7.89. The van der Waals surface area contributed by atoms with Gasteiger partial charge in [0, 0.05) is 26.2 Å². The van der Waals surface area contributed by atoms with E-state index in [1.165, 1.54) is 16.4 Å². The normalized spacial score (nSPS) is 21.5. The minimum Gasteiger partial charge on any atom is -0.383 e. The lowest BCUT2D eigenvalue weighted by atomic mass is 9.95. The third kappa shape index (κ3) is 4.37.